The fourth-order valence-electron chi connectivity index (χ4n) is 1.88. The van der Waals surface area contributed by atoms with Crippen LogP contribution in [0.2, 0.25) is 0 Å². The zero-order chi connectivity index (χ0) is 13.1. The van der Waals surface area contributed by atoms with E-state index in [0.717, 1.165) is 0 Å². The van der Waals surface area contributed by atoms with Crippen molar-refractivity contribution in [2.24, 2.45) is 0 Å². The second-order valence-electron chi connectivity index (χ2n) is 4.12. The predicted molar refractivity (Wildman–Crippen MR) is 53.8 cm³/mol. The molecule has 1 aliphatic carbocycles. The maximum Gasteiger partial charge on any atom is 0.115 e. The number of aliphatic hydroxyl groups excluding tert-OH is 2. The monoisotopic (exact) mass is 268 g/mol. The molecule has 1 rings (SSSR count). The third kappa shape index (κ3) is 5.01. The molecule has 1 fully saturated rings. The first-order valence-electron chi connectivity index (χ1n) is 5.51. The Hall–Kier alpha value is -0.0100. The molecule has 102 valence electrons. The van der Waals surface area contributed by atoms with Gasteiger partial charge in [0, 0.05) is 19.4 Å². The Morgan fingerprint density at radius 2 is 2.00 bits per heavy atom. The van der Waals surface area contributed by atoms with Crippen molar-refractivity contribution in [1.29, 1.82) is 0 Å². The van der Waals surface area contributed by atoms with Crippen molar-refractivity contribution < 1.29 is 33.8 Å². The van der Waals surface area contributed by atoms with Crippen LogP contribution in [0.3, 0.4) is 0 Å². The highest BCUT2D eigenvalue weighted by molar-refractivity contribution is 7.43. The van der Waals surface area contributed by atoms with Gasteiger partial charge in [0.1, 0.15) is 6.10 Å². The van der Waals surface area contributed by atoms with E-state index in [1.807, 2.05) is 6.92 Å². The minimum atomic E-state index is -5.18. The Balaban J connectivity index is 2.68. The lowest BCUT2D eigenvalue weighted by atomic mass is 9.90. The number of hydrogen-bond donors (Lipinski definition) is 2. The molecule has 4 atom stereocenters. The lowest BCUT2D eigenvalue weighted by Gasteiger charge is -2.42. The zero-order valence-corrected chi connectivity index (χ0v) is 10.4. The molecular weight excluding hydrogens is 251 g/mol. The topological polar surface area (TPSA) is 122 Å². The van der Waals surface area contributed by atoms with Crippen LogP contribution in [0.25, 0.3) is 0 Å². The van der Waals surface area contributed by atoms with Crippen LogP contribution < -0.4 is 9.79 Å². The molecule has 1 aliphatic rings. The van der Waals surface area contributed by atoms with Crippen LogP contribution >= 0.6 is 7.82 Å². The van der Waals surface area contributed by atoms with E-state index in [2.05, 4.69) is 4.52 Å². The lowest BCUT2D eigenvalue weighted by molar-refractivity contribution is -0.350. The molecule has 7 nitrogen and oxygen atoms in total. The van der Waals surface area contributed by atoms with Gasteiger partial charge in [-0.2, -0.15) is 0 Å². The van der Waals surface area contributed by atoms with E-state index >= 15 is 0 Å². The molecular formula is C9H17O7P-2. The summed E-state index contributed by atoms with van der Waals surface area (Å²) in [4.78, 5) is 21.1. The summed E-state index contributed by atoms with van der Waals surface area (Å²) in [6.45, 7) is 2.20. The molecule has 0 saturated heterocycles. The summed E-state index contributed by atoms with van der Waals surface area (Å²) in [7, 11) is -5.18. The number of hydrogen-bond acceptors (Lipinski definition) is 7. The van der Waals surface area contributed by atoms with E-state index in [4.69, 9.17) is 4.74 Å². The first-order valence-corrected chi connectivity index (χ1v) is 6.97. The molecule has 0 radical (unpaired) electrons. The summed E-state index contributed by atoms with van der Waals surface area (Å²) in [5, 5.41) is 19.1. The summed E-state index contributed by atoms with van der Waals surface area (Å²) >= 11 is 0. The summed E-state index contributed by atoms with van der Waals surface area (Å²) < 4.78 is 20.2. The first-order chi connectivity index (χ1) is 7.83. The molecule has 1 saturated carbocycles. The van der Waals surface area contributed by atoms with Crippen LogP contribution in [-0.2, 0) is 13.8 Å². The summed E-state index contributed by atoms with van der Waals surface area (Å²) in [5.41, 5.74) is 0. The van der Waals surface area contributed by atoms with Crippen LogP contribution in [0.4, 0.5) is 0 Å². The Morgan fingerprint density at radius 1 is 1.35 bits per heavy atom. The van der Waals surface area contributed by atoms with E-state index in [0.29, 0.717) is 13.0 Å². The molecule has 0 unspecified atom stereocenters. The normalized spacial score (nSPS) is 34.9. The van der Waals surface area contributed by atoms with Crippen LogP contribution in [-0.4, -0.2) is 41.2 Å². The Kier molecular flexibility index (Phi) is 5.53. The molecule has 0 heterocycles. The molecule has 2 N–H and O–H groups in total. The summed E-state index contributed by atoms with van der Waals surface area (Å²) in [6, 6.07) is 0. The average Bonchev–Trinajstić information content (AvgIpc) is 2.18. The average molecular weight is 268 g/mol. The standard InChI is InChI=1S/C9H19O7P/c1-2-3-15-8-5-6(10)4-7(11)9(8)16-17(12,13)14/h6-11H,2-5H2,1H3,(H2,12,13,14)/p-2/t6-,7-,8-,9-/m1/s1. The molecule has 0 spiro atoms. The Bertz CT molecular complexity index is 279. The highest BCUT2D eigenvalue weighted by Crippen LogP contribution is 2.35. The molecule has 0 aromatic rings. The Labute approximate surface area is 99.6 Å². The van der Waals surface area contributed by atoms with Gasteiger partial charge in [0.05, 0.1) is 26.1 Å². The second-order valence-corrected chi connectivity index (χ2v) is 5.22. The molecule has 0 amide bonds. The van der Waals surface area contributed by atoms with E-state index in [1.165, 1.54) is 0 Å². The maximum atomic E-state index is 10.6. The van der Waals surface area contributed by atoms with E-state index in [1.54, 1.807) is 0 Å². The molecule has 0 aromatic heterocycles. The summed E-state index contributed by atoms with van der Waals surface area (Å²) in [5.74, 6) is 0. The third-order valence-corrected chi connectivity index (χ3v) is 3.05. The van der Waals surface area contributed by atoms with Gasteiger partial charge in [-0.05, 0) is 6.42 Å². The summed E-state index contributed by atoms with van der Waals surface area (Å²) in [6.07, 6.45) is -3.22. The number of phosphoric acid groups is 1. The van der Waals surface area contributed by atoms with Gasteiger partial charge < -0.3 is 33.8 Å². The maximum absolute atomic E-state index is 10.6. The van der Waals surface area contributed by atoms with Gasteiger partial charge in [-0.15, -0.1) is 0 Å². The highest BCUT2D eigenvalue weighted by atomic mass is 31.2. The molecule has 0 aromatic carbocycles. The van der Waals surface area contributed by atoms with Crippen molar-refractivity contribution in [3.05, 3.63) is 0 Å². The van der Waals surface area contributed by atoms with Gasteiger partial charge in [0.2, 0.25) is 0 Å². The number of rotatable bonds is 5. The second kappa shape index (κ2) is 6.24. The van der Waals surface area contributed by atoms with Gasteiger partial charge in [-0.25, -0.2) is 0 Å². The Morgan fingerprint density at radius 3 is 2.53 bits per heavy atom. The van der Waals surface area contributed by atoms with Gasteiger partial charge >= 0.3 is 0 Å². The molecule has 8 heteroatoms. The quantitative estimate of drug-likeness (QED) is 0.582. The van der Waals surface area contributed by atoms with Crippen molar-refractivity contribution in [3.8, 4) is 0 Å². The van der Waals surface area contributed by atoms with Crippen LogP contribution in [0.15, 0.2) is 0 Å². The van der Waals surface area contributed by atoms with Crippen molar-refractivity contribution in [2.45, 2.75) is 50.6 Å². The predicted octanol–water partition coefficient (Wildman–Crippen LogP) is -1.49. The number of aliphatic hydroxyl groups is 2. The van der Waals surface area contributed by atoms with Crippen LogP contribution in [0, 0.1) is 0 Å². The van der Waals surface area contributed by atoms with Gasteiger partial charge in [-0.3, -0.25) is 0 Å². The molecule has 17 heavy (non-hydrogen) atoms. The smallest absolute Gasteiger partial charge is 0.115 e. The minimum absolute atomic E-state index is 0.0311. The van der Waals surface area contributed by atoms with Crippen molar-refractivity contribution >= 4 is 7.82 Å². The lowest BCUT2D eigenvalue weighted by Crippen LogP contribution is -2.49. The molecule has 0 aliphatic heterocycles. The zero-order valence-electron chi connectivity index (χ0n) is 9.52. The number of ether oxygens (including phenoxy) is 1. The fourth-order valence-corrected chi connectivity index (χ4v) is 2.45. The largest absolute Gasteiger partial charge is 0.790 e. The van der Waals surface area contributed by atoms with Crippen LogP contribution in [0.1, 0.15) is 26.2 Å². The van der Waals surface area contributed by atoms with Gasteiger partial charge in [-0.1, -0.05) is 6.92 Å². The third-order valence-electron chi connectivity index (χ3n) is 2.55. The SMILES string of the molecule is CCCO[C@@H]1C[C@H](O)C[C@@H](O)[C@H]1OP(=O)([O-])[O-]. The van der Waals surface area contributed by atoms with Gasteiger partial charge in [0.15, 0.2) is 0 Å². The first kappa shape index (κ1) is 15.0. The molecule has 0 bridgehead atoms. The van der Waals surface area contributed by atoms with E-state index < -0.39 is 32.2 Å². The van der Waals surface area contributed by atoms with Crippen LogP contribution in [0.5, 0.6) is 0 Å². The number of phosphoric ester groups is 1. The van der Waals surface area contributed by atoms with Crippen molar-refractivity contribution in [2.75, 3.05) is 6.61 Å². The fraction of sp³-hybridized carbons (Fsp3) is 1.00. The minimum Gasteiger partial charge on any atom is -0.790 e. The van der Waals surface area contributed by atoms with E-state index in [-0.39, 0.29) is 12.8 Å². The van der Waals surface area contributed by atoms with Gasteiger partial charge in [0.25, 0.3) is 0 Å². The van der Waals surface area contributed by atoms with Crippen molar-refractivity contribution in [3.63, 3.8) is 0 Å². The highest BCUT2D eigenvalue weighted by Gasteiger charge is 2.38. The van der Waals surface area contributed by atoms with Crippen molar-refractivity contribution in [1.82, 2.24) is 0 Å². The van der Waals surface area contributed by atoms with E-state index in [9.17, 15) is 24.6 Å².